The maximum atomic E-state index is 13.1. The van der Waals surface area contributed by atoms with E-state index in [4.69, 9.17) is 10.1 Å². The Morgan fingerprint density at radius 1 is 1.27 bits per heavy atom. The van der Waals surface area contributed by atoms with Crippen molar-refractivity contribution in [2.24, 2.45) is 16.0 Å². The van der Waals surface area contributed by atoms with Gasteiger partial charge in [0.25, 0.3) is 5.91 Å². The fourth-order valence-electron chi connectivity index (χ4n) is 3.95. The number of para-hydroxylation sites is 1. The fourth-order valence-corrected chi connectivity index (χ4v) is 3.95. The van der Waals surface area contributed by atoms with Crippen LogP contribution in [-0.2, 0) is 0 Å². The second-order valence-electron chi connectivity index (χ2n) is 7.14. The summed E-state index contributed by atoms with van der Waals surface area (Å²) in [6.45, 7) is 10.3. The molecule has 26 heavy (non-hydrogen) atoms. The van der Waals surface area contributed by atoms with Gasteiger partial charge in [-0.25, -0.2) is 5.01 Å². The zero-order valence-corrected chi connectivity index (χ0v) is 15.8. The molecule has 0 aliphatic carbocycles. The third-order valence-electron chi connectivity index (χ3n) is 5.61. The van der Waals surface area contributed by atoms with Crippen molar-refractivity contribution in [1.29, 1.82) is 0 Å². The summed E-state index contributed by atoms with van der Waals surface area (Å²) in [5.41, 5.74) is 6.11. The quantitative estimate of drug-likeness (QED) is 0.911. The number of hydrogen-bond donors (Lipinski definition) is 1. The Labute approximate surface area is 154 Å². The molecule has 1 amide bonds. The molecule has 0 radical (unpaired) electrons. The van der Waals surface area contributed by atoms with E-state index in [0.29, 0.717) is 13.1 Å². The van der Waals surface area contributed by atoms with Crippen molar-refractivity contribution in [1.82, 2.24) is 9.91 Å². The summed E-state index contributed by atoms with van der Waals surface area (Å²) in [6.07, 6.45) is -0.00416. The molecule has 2 atom stereocenters. The number of benzene rings is 1. The lowest BCUT2D eigenvalue weighted by Crippen LogP contribution is -2.38. The van der Waals surface area contributed by atoms with Gasteiger partial charge in [0.15, 0.2) is 6.17 Å². The number of rotatable bonds is 3. The van der Waals surface area contributed by atoms with Gasteiger partial charge in [-0.1, -0.05) is 12.1 Å². The number of fused-ring (bicyclic) bond motifs is 3. The van der Waals surface area contributed by atoms with Gasteiger partial charge in [-0.05, 0) is 45.4 Å². The van der Waals surface area contributed by atoms with Gasteiger partial charge in [0.2, 0.25) is 0 Å². The molecule has 6 nitrogen and oxygen atoms in total. The van der Waals surface area contributed by atoms with Crippen LogP contribution >= 0.6 is 0 Å². The lowest BCUT2D eigenvalue weighted by atomic mass is 10.0. The maximum absolute atomic E-state index is 13.1. The molecule has 3 aliphatic heterocycles. The van der Waals surface area contributed by atoms with Crippen LogP contribution in [0.15, 0.2) is 45.6 Å². The van der Waals surface area contributed by atoms with E-state index in [9.17, 15) is 4.79 Å². The second kappa shape index (κ2) is 6.27. The summed E-state index contributed by atoms with van der Waals surface area (Å²) in [4.78, 5) is 19.8. The minimum absolute atomic E-state index is 0.00416. The Bertz CT molecular complexity index is 854. The highest BCUT2D eigenvalue weighted by atomic mass is 16.2. The van der Waals surface area contributed by atoms with Crippen molar-refractivity contribution < 1.29 is 4.79 Å². The number of carbonyl (C=O) groups excluding carboxylic acids is 1. The number of hydrazone groups is 1. The van der Waals surface area contributed by atoms with Gasteiger partial charge in [-0.15, -0.1) is 0 Å². The Kier molecular flexibility index (Phi) is 4.05. The summed E-state index contributed by atoms with van der Waals surface area (Å²) in [7, 11) is 0. The highest BCUT2D eigenvalue weighted by Gasteiger charge is 2.46. The van der Waals surface area contributed by atoms with Crippen LogP contribution in [0.1, 0.15) is 38.1 Å². The number of anilines is 1. The number of hydrogen-bond acceptors (Lipinski definition) is 5. The molecule has 1 fully saturated rings. The van der Waals surface area contributed by atoms with Crippen molar-refractivity contribution in [2.75, 3.05) is 25.0 Å². The number of allylic oxidation sites excluding steroid dienone is 2. The van der Waals surface area contributed by atoms with Crippen molar-refractivity contribution >= 4 is 23.0 Å². The van der Waals surface area contributed by atoms with Crippen LogP contribution in [0.25, 0.3) is 0 Å². The molecule has 1 aromatic rings. The molecule has 6 heteroatoms. The Morgan fingerprint density at radius 3 is 2.81 bits per heavy atom. The topological polar surface area (TPSA) is 60.3 Å². The third kappa shape index (κ3) is 2.52. The highest BCUT2D eigenvalue weighted by molar-refractivity contribution is 6.05. The minimum atomic E-state index is -0.00416. The SMILES string of the molecule is CCNc1ccccc1C(=O)N1CC2=NN3C(C)=C(C)C(C)=NC3C2C1. The van der Waals surface area contributed by atoms with Gasteiger partial charge >= 0.3 is 0 Å². The van der Waals surface area contributed by atoms with Gasteiger partial charge in [-0.2, -0.15) is 5.10 Å². The van der Waals surface area contributed by atoms with Crippen molar-refractivity contribution in [2.45, 2.75) is 33.9 Å². The molecule has 2 unspecified atom stereocenters. The molecule has 4 rings (SSSR count). The average molecular weight is 351 g/mol. The zero-order valence-electron chi connectivity index (χ0n) is 15.8. The number of aliphatic imine (C=N–C) groups is 1. The Morgan fingerprint density at radius 2 is 2.04 bits per heavy atom. The molecule has 0 aromatic heterocycles. The number of nitrogens with one attached hydrogen (secondary N) is 1. The largest absolute Gasteiger partial charge is 0.385 e. The predicted octanol–water partition coefficient (Wildman–Crippen LogP) is 2.96. The summed E-state index contributed by atoms with van der Waals surface area (Å²) >= 11 is 0. The predicted molar refractivity (Wildman–Crippen MR) is 105 cm³/mol. The Balaban J connectivity index is 1.58. The van der Waals surface area contributed by atoms with Gasteiger partial charge in [0.1, 0.15) is 0 Å². The number of carbonyl (C=O) groups is 1. The van der Waals surface area contributed by atoms with E-state index in [1.807, 2.05) is 41.1 Å². The van der Waals surface area contributed by atoms with Crippen LogP contribution in [-0.4, -0.2) is 53.0 Å². The molecular formula is C20H25N5O. The van der Waals surface area contributed by atoms with E-state index in [1.54, 1.807) is 0 Å². The first-order chi connectivity index (χ1) is 12.5. The van der Waals surface area contributed by atoms with Gasteiger partial charge < -0.3 is 10.2 Å². The Hall–Kier alpha value is -2.63. The van der Waals surface area contributed by atoms with Crippen molar-refractivity contribution in [3.8, 4) is 0 Å². The number of amides is 1. The smallest absolute Gasteiger partial charge is 0.256 e. The van der Waals surface area contributed by atoms with Crippen LogP contribution < -0.4 is 5.32 Å². The molecule has 1 saturated heterocycles. The molecule has 0 bridgehead atoms. The van der Waals surface area contributed by atoms with Crippen molar-refractivity contribution in [3.05, 3.63) is 41.1 Å². The second-order valence-corrected chi connectivity index (χ2v) is 7.14. The van der Waals surface area contributed by atoms with E-state index >= 15 is 0 Å². The molecule has 136 valence electrons. The van der Waals surface area contributed by atoms with E-state index in [0.717, 1.165) is 29.2 Å². The summed E-state index contributed by atoms with van der Waals surface area (Å²) in [5, 5.41) is 10.1. The normalized spacial score (nSPS) is 24.3. The average Bonchev–Trinajstić information content (AvgIpc) is 3.19. The van der Waals surface area contributed by atoms with E-state index in [-0.39, 0.29) is 18.0 Å². The van der Waals surface area contributed by atoms with E-state index < -0.39 is 0 Å². The highest BCUT2D eigenvalue weighted by Crippen LogP contribution is 2.36. The molecule has 3 heterocycles. The third-order valence-corrected chi connectivity index (χ3v) is 5.61. The summed E-state index contributed by atoms with van der Waals surface area (Å²) in [5.74, 6) is 0.244. The van der Waals surface area contributed by atoms with Gasteiger partial charge in [-0.3, -0.25) is 9.79 Å². The molecule has 0 spiro atoms. The summed E-state index contributed by atoms with van der Waals surface area (Å²) < 4.78 is 0. The van der Waals surface area contributed by atoms with Crippen LogP contribution in [0.2, 0.25) is 0 Å². The van der Waals surface area contributed by atoms with Gasteiger partial charge in [0, 0.05) is 30.2 Å². The maximum Gasteiger partial charge on any atom is 0.256 e. The summed E-state index contributed by atoms with van der Waals surface area (Å²) in [6, 6.07) is 7.71. The zero-order chi connectivity index (χ0) is 18.4. The van der Waals surface area contributed by atoms with Crippen LogP contribution in [0.4, 0.5) is 5.69 Å². The lowest BCUT2D eigenvalue weighted by molar-refractivity contribution is 0.0777. The number of likely N-dealkylation sites (tertiary alicyclic amines) is 1. The molecule has 3 aliphatic rings. The molecule has 1 aromatic carbocycles. The monoisotopic (exact) mass is 351 g/mol. The van der Waals surface area contributed by atoms with Gasteiger partial charge in [0.05, 0.1) is 23.7 Å². The van der Waals surface area contributed by atoms with E-state index in [1.165, 1.54) is 11.3 Å². The number of nitrogens with zero attached hydrogens (tertiary/aromatic N) is 4. The van der Waals surface area contributed by atoms with Crippen molar-refractivity contribution in [3.63, 3.8) is 0 Å². The van der Waals surface area contributed by atoms with Crippen LogP contribution in [0.5, 0.6) is 0 Å². The standard InChI is InChI=1S/C20H25N5O/c1-5-21-17-9-7-6-8-15(17)20(26)24-10-16-18(11-24)23-25-14(4)12(2)13(3)22-19(16)25/h6-9,16,19,21H,5,10-11H2,1-4H3. The molecule has 0 saturated carbocycles. The van der Waals surface area contributed by atoms with Crippen LogP contribution in [0, 0.1) is 5.92 Å². The molecule has 1 N–H and O–H groups in total. The molecular weight excluding hydrogens is 326 g/mol. The fraction of sp³-hybridized carbons (Fsp3) is 0.450. The first-order valence-corrected chi connectivity index (χ1v) is 9.22. The van der Waals surface area contributed by atoms with E-state index in [2.05, 4.69) is 26.1 Å². The first-order valence-electron chi connectivity index (χ1n) is 9.22. The van der Waals surface area contributed by atoms with Crippen LogP contribution in [0.3, 0.4) is 0 Å². The lowest BCUT2D eigenvalue weighted by Gasteiger charge is -2.31. The first kappa shape index (κ1) is 16.8. The minimum Gasteiger partial charge on any atom is -0.385 e.